The van der Waals surface area contributed by atoms with Gasteiger partial charge in [-0.15, -0.1) is 0 Å². The van der Waals surface area contributed by atoms with Gasteiger partial charge in [-0.25, -0.2) is 14.8 Å². The molecule has 7 nitrogen and oxygen atoms in total. The topological polar surface area (TPSA) is 95.4 Å². The third-order valence-electron chi connectivity index (χ3n) is 3.23. The maximum Gasteiger partial charge on any atom is 0.335 e. The zero-order valence-electron chi connectivity index (χ0n) is 11.2. The first-order valence-electron chi connectivity index (χ1n) is 6.26. The van der Waals surface area contributed by atoms with Gasteiger partial charge in [0, 0.05) is 12.6 Å². The smallest absolute Gasteiger partial charge is 0.335 e. The Morgan fingerprint density at radius 2 is 2.19 bits per heavy atom. The zero-order chi connectivity index (χ0) is 15.0. The number of carbonyl (C=O) groups is 2. The summed E-state index contributed by atoms with van der Waals surface area (Å²) in [6.45, 7) is 0.200. The number of amides is 1. The average molecular weight is 284 g/mol. The third-order valence-corrected chi connectivity index (χ3v) is 3.23. The van der Waals surface area contributed by atoms with Crippen molar-refractivity contribution >= 4 is 23.4 Å². The molecule has 106 valence electrons. The van der Waals surface area contributed by atoms with Crippen molar-refractivity contribution in [2.45, 2.75) is 0 Å². The Morgan fingerprint density at radius 1 is 1.38 bits per heavy atom. The van der Waals surface area contributed by atoms with E-state index < -0.39 is 5.97 Å². The maximum atomic E-state index is 11.5. The summed E-state index contributed by atoms with van der Waals surface area (Å²) in [4.78, 5) is 32.7. The van der Waals surface area contributed by atoms with Crippen LogP contribution in [-0.4, -0.2) is 40.5 Å². The van der Waals surface area contributed by atoms with Gasteiger partial charge in [-0.05, 0) is 12.1 Å². The first-order valence-corrected chi connectivity index (χ1v) is 6.26. The molecule has 2 heterocycles. The van der Waals surface area contributed by atoms with E-state index in [2.05, 4.69) is 15.3 Å². The Balaban J connectivity index is 2.16. The van der Waals surface area contributed by atoms with Crippen molar-refractivity contribution in [1.29, 1.82) is 0 Å². The predicted molar refractivity (Wildman–Crippen MR) is 76.3 cm³/mol. The summed E-state index contributed by atoms with van der Waals surface area (Å²) >= 11 is 0. The van der Waals surface area contributed by atoms with E-state index in [1.54, 1.807) is 30.1 Å². The van der Waals surface area contributed by atoms with Gasteiger partial charge in [-0.1, -0.05) is 12.1 Å². The molecule has 21 heavy (non-hydrogen) atoms. The number of nitrogens with one attached hydrogen (secondary N) is 1. The van der Waals surface area contributed by atoms with E-state index in [0.29, 0.717) is 22.8 Å². The molecule has 0 spiro atoms. The number of fused-ring (bicyclic) bond motifs is 1. The van der Waals surface area contributed by atoms with E-state index in [4.69, 9.17) is 5.11 Å². The Morgan fingerprint density at radius 3 is 2.95 bits per heavy atom. The van der Waals surface area contributed by atoms with Crippen LogP contribution in [0.15, 0.2) is 30.6 Å². The first-order chi connectivity index (χ1) is 10.1. The first kappa shape index (κ1) is 13.0. The van der Waals surface area contributed by atoms with Crippen LogP contribution in [0.3, 0.4) is 0 Å². The van der Waals surface area contributed by atoms with Crippen molar-refractivity contribution in [3.63, 3.8) is 0 Å². The molecule has 2 aromatic rings. The second kappa shape index (κ2) is 4.86. The lowest BCUT2D eigenvalue weighted by atomic mass is 10.1. The molecule has 1 amide bonds. The molecule has 0 saturated carbocycles. The van der Waals surface area contributed by atoms with Crippen LogP contribution in [0.1, 0.15) is 10.4 Å². The van der Waals surface area contributed by atoms with Crippen LogP contribution in [0, 0.1) is 0 Å². The van der Waals surface area contributed by atoms with Gasteiger partial charge < -0.3 is 15.3 Å². The van der Waals surface area contributed by atoms with Crippen LogP contribution in [0.4, 0.5) is 11.5 Å². The van der Waals surface area contributed by atoms with Crippen molar-refractivity contribution in [2.24, 2.45) is 0 Å². The molecule has 1 aliphatic rings. The molecule has 1 aromatic carbocycles. The molecule has 0 fully saturated rings. The fourth-order valence-corrected chi connectivity index (χ4v) is 2.31. The molecule has 0 aliphatic carbocycles. The molecule has 1 aromatic heterocycles. The standard InChI is InChI=1S/C14H12N4O3/c1-18-6-10(19)17-13-12(18)11(15-7-16-13)8-3-2-4-9(5-8)14(20)21/h2-5,7H,6H2,1H3,(H,20,21)(H,15,16,17,19). The summed E-state index contributed by atoms with van der Waals surface area (Å²) in [5.41, 5.74) is 2.11. The summed E-state index contributed by atoms with van der Waals surface area (Å²) in [5, 5.41) is 11.8. The minimum atomic E-state index is -0.999. The van der Waals surface area contributed by atoms with Crippen molar-refractivity contribution in [3.05, 3.63) is 36.2 Å². The summed E-state index contributed by atoms with van der Waals surface area (Å²) in [5.74, 6) is -0.713. The van der Waals surface area contributed by atoms with Crippen molar-refractivity contribution in [2.75, 3.05) is 23.8 Å². The fourth-order valence-electron chi connectivity index (χ4n) is 2.31. The van der Waals surface area contributed by atoms with E-state index in [0.717, 1.165) is 0 Å². The number of hydrogen-bond donors (Lipinski definition) is 2. The fraction of sp³-hybridized carbons (Fsp3) is 0.143. The Kier molecular flexibility index (Phi) is 3.02. The Labute approximate surface area is 120 Å². The van der Waals surface area contributed by atoms with Gasteiger partial charge in [0.2, 0.25) is 5.91 Å². The van der Waals surface area contributed by atoms with E-state index in [-0.39, 0.29) is 18.0 Å². The Hall–Kier alpha value is -2.96. The molecule has 2 N–H and O–H groups in total. The molecular weight excluding hydrogens is 272 g/mol. The molecule has 0 bridgehead atoms. The van der Waals surface area contributed by atoms with Crippen molar-refractivity contribution in [1.82, 2.24) is 9.97 Å². The largest absolute Gasteiger partial charge is 0.478 e. The lowest BCUT2D eigenvalue weighted by Gasteiger charge is -2.27. The summed E-state index contributed by atoms with van der Waals surface area (Å²) in [7, 11) is 1.77. The second-order valence-electron chi connectivity index (χ2n) is 4.71. The van der Waals surface area contributed by atoms with Gasteiger partial charge in [0.1, 0.15) is 12.0 Å². The monoisotopic (exact) mass is 284 g/mol. The molecule has 0 radical (unpaired) electrons. The molecule has 3 rings (SSSR count). The molecular formula is C14H12N4O3. The number of benzene rings is 1. The number of aromatic carboxylic acids is 1. The number of hydrogen-bond acceptors (Lipinski definition) is 5. The van der Waals surface area contributed by atoms with Crippen LogP contribution in [0.25, 0.3) is 11.3 Å². The van der Waals surface area contributed by atoms with Gasteiger partial charge in [0.05, 0.1) is 17.8 Å². The van der Waals surface area contributed by atoms with Crippen LogP contribution >= 0.6 is 0 Å². The van der Waals surface area contributed by atoms with Gasteiger partial charge in [-0.2, -0.15) is 0 Å². The maximum absolute atomic E-state index is 11.5. The summed E-state index contributed by atoms with van der Waals surface area (Å²) in [6, 6.07) is 6.51. The normalized spacial score (nSPS) is 13.6. The number of nitrogens with zero attached hydrogens (tertiary/aromatic N) is 3. The van der Waals surface area contributed by atoms with E-state index >= 15 is 0 Å². The molecule has 0 saturated heterocycles. The molecule has 0 unspecified atom stereocenters. The molecule has 0 atom stereocenters. The minimum absolute atomic E-state index is 0.145. The van der Waals surface area contributed by atoms with Crippen LogP contribution in [-0.2, 0) is 4.79 Å². The van der Waals surface area contributed by atoms with Crippen molar-refractivity contribution < 1.29 is 14.7 Å². The SMILES string of the molecule is CN1CC(=O)Nc2ncnc(-c3cccc(C(=O)O)c3)c21. The minimum Gasteiger partial charge on any atom is -0.478 e. The number of aromatic nitrogens is 2. The van der Waals surface area contributed by atoms with E-state index in [1.807, 2.05) is 0 Å². The highest BCUT2D eigenvalue weighted by Gasteiger charge is 2.24. The van der Waals surface area contributed by atoms with E-state index in [1.165, 1.54) is 12.4 Å². The second-order valence-corrected chi connectivity index (χ2v) is 4.71. The van der Waals surface area contributed by atoms with Crippen molar-refractivity contribution in [3.8, 4) is 11.3 Å². The van der Waals surface area contributed by atoms with Gasteiger partial charge in [-0.3, -0.25) is 4.79 Å². The number of anilines is 2. The van der Waals surface area contributed by atoms with Gasteiger partial charge >= 0.3 is 5.97 Å². The summed E-state index contributed by atoms with van der Waals surface area (Å²) in [6.07, 6.45) is 1.35. The quantitative estimate of drug-likeness (QED) is 0.861. The number of rotatable bonds is 2. The Bertz CT molecular complexity index is 745. The highest BCUT2D eigenvalue weighted by molar-refractivity contribution is 6.02. The highest BCUT2D eigenvalue weighted by Crippen LogP contribution is 2.35. The number of likely N-dealkylation sites (N-methyl/N-ethyl adjacent to an activating group) is 1. The summed E-state index contributed by atoms with van der Waals surface area (Å²) < 4.78 is 0. The number of carboxylic acids is 1. The number of carboxylic acid groups (broad SMARTS) is 1. The number of carbonyl (C=O) groups excluding carboxylic acids is 1. The predicted octanol–water partition coefficient (Wildman–Crippen LogP) is 1.23. The highest BCUT2D eigenvalue weighted by atomic mass is 16.4. The van der Waals surface area contributed by atoms with Gasteiger partial charge in [0.25, 0.3) is 0 Å². The third kappa shape index (κ3) is 2.29. The molecule has 1 aliphatic heterocycles. The lowest BCUT2D eigenvalue weighted by Crippen LogP contribution is -2.36. The van der Waals surface area contributed by atoms with Crippen LogP contribution in [0.5, 0.6) is 0 Å². The molecule has 7 heteroatoms. The zero-order valence-corrected chi connectivity index (χ0v) is 11.2. The van der Waals surface area contributed by atoms with E-state index in [9.17, 15) is 9.59 Å². The lowest BCUT2D eigenvalue weighted by molar-refractivity contribution is -0.115. The van der Waals surface area contributed by atoms with Gasteiger partial charge in [0.15, 0.2) is 5.82 Å². The van der Waals surface area contributed by atoms with Crippen LogP contribution < -0.4 is 10.2 Å². The average Bonchev–Trinajstić information content (AvgIpc) is 2.46. The van der Waals surface area contributed by atoms with Crippen LogP contribution in [0.2, 0.25) is 0 Å².